The number of ether oxygens (including phenoxy) is 2. The Morgan fingerprint density at radius 1 is 1.44 bits per heavy atom. The Kier molecular flexibility index (Phi) is 2.53. The Hall–Kier alpha value is -1.30. The Morgan fingerprint density at radius 2 is 2.06 bits per heavy atom. The molecule has 3 nitrogen and oxygen atoms in total. The molecule has 6 heteroatoms. The minimum absolute atomic E-state index is 0.0363. The maximum absolute atomic E-state index is 12.7. The lowest BCUT2D eigenvalue weighted by Gasteiger charge is -2.15. The SMILES string of the molecule is CCOC(=O)C1=C(C(F)(F)F)C2C=CC1O2. The minimum Gasteiger partial charge on any atom is -0.463 e. The topological polar surface area (TPSA) is 35.5 Å². The van der Waals surface area contributed by atoms with Crippen LogP contribution in [0.2, 0.25) is 0 Å². The van der Waals surface area contributed by atoms with E-state index in [9.17, 15) is 18.0 Å². The summed E-state index contributed by atoms with van der Waals surface area (Å²) in [7, 11) is 0. The van der Waals surface area contributed by atoms with Gasteiger partial charge in [0.15, 0.2) is 0 Å². The second-order valence-corrected chi connectivity index (χ2v) is 3.41. The van der Waals surface area contributed by atoms with Gasteiger partial charge in [-0.2, -0.15) is 13.2 Å². The largest absolute Gasteiger partial charge is 0.463 e. The van der Waals surface area contributed by atoms with Crippen molar-refractivity contribution in [2.75, 3.05) is 6.61 Å². The maximum Gasteiger partial charge on any atom is 0.416 e. The van der Waals surface area contributed by atoms with Crippen LogP contribution in [0.3, 0.4) is 0 Å². The van der Waals surface area contributed by atoms with Gasteiger partial charge >= 0.3 is 12.1 Å². The van der Waals surface area contributed by atoms with Gasteiger partial charge in [-0.3, -0.25) is 0 Å². The second-order valence-electron chi connectivity index (χ2n) is 3.41. The van der Waals surface area contributed by atoms with Crippen molar-refractivity contribution in [3.05, 3.63) is 23.3 Å². The summed E-state index contributed by atoms with van der Waals surface area (Å²) in [5, 5.41) is 0. The summed E-state index contributed by atoms with van der Waals surface area (Å²) in [4.78, 5) is 11.4. The van der Waals surface area contributed by atoms with Crippen molar-refractivity contribution in [2.45, 2.75) is 25.3 Å². The number of hydrogen-bond acceptors (Lipinski definition) is 3. The van der Waals surface area contributed by atoms with E-state index in [0.29, 0.717) is 0 Å². The molecule has 2 unspecified atom stereocenters. The van der Waals surface area contributed by atoms with Crippen molar-refractivity contribution in [2.24, 2.45) is 0 Å². The smallest absolute Gasteiger partial charge is 0.416 e. The highest BCUT2D eigenvalue weighted by molar-refractivity contribution is 5.92. The van der Waals surface area contributed by atoms with Crippen LogP contribution in [0.15, 0.2) is 23.3 Å². The van der Waals surface area contributed by atoms with E-state index in [-0.39, 0.29) is 6.61 Å². The van der Waals surface area contributed by atoms with Gasteiger partial charge in [-0.05, 0) is 6.92 Å². The molecule has 2 rings (SSSR count). The van der Waals surface area contributed by atoms with Gasteiger partial charge in [-0.15, -0.1) is 0 Å². The van der Waals surface area contributed by atoms with E-state index >= 15 is 0 Å². The van der Waals surface area contributed by atoms with Crippen LogP contribution in [0.5, 0.6) is 0 Å². The van der Waals surface area contributed by atoms with E-state index in [0.717, 1.165) is 0 Å². The molecule has 88 valence electrons. The lowest BCUT2D eigenvalue weighted by molar-refractivity contribution is -0.140. The van der Waals surface area contributed by atoms with E-state index in [4.69, 9.17) is 4.74 Å². The van der Waals surface area contributed by atoms with Gasteiger partial charge in [0.1, 0.15) is 12.2 Å². The van der Waals surface area contributed by atoms with E-state index in [1.807, 2.05) is 0 Å². The Balaban J connectivity index is 2.37. The van der Waals surface area contributed by atoms with Gasteiger partial charge in [0, 0.05) is 0 Å². The Bertz CT molecular complexity index is 381. The quantitative estimate of drug-likeness (QED) is 0.539. The lowest BCUT2D eigenvalue weighted by Crippen LogP contribution is -2.25. The molecule has 2 aliphatic heterocycles. The molecule has 0 aliphatic carbocycles. The second kappa shape index (κ2) is 3.62. The van der Waals surface area contributed by atoms with Crippen molar-refractivity contribution >= 4 is 5.97 Å². The fourth-order valence-electron chi connectivity index (χ4n) is 1.83. The third-order valence-electron chi connectivity index (χ3n) is 2.41. The molecule has 16 heavy (non-hydrogen) atoms. The van der Waals surface area contributed by atoms with Crippen molar-refractivity contribution < 1.29 is 27.4 Å². The Morgan fingerprint density at radius 3 is 2.62 bits per heavy atom. The van der Waals surface area contributed by atoms with Gasteiger partial charge < -0.3 is 9.47 Å². The van der Waals surface area contributed by atoms with Gasteiger partial charge in [0.05, 0.1) is 17.8 Å². The zero-order valence-electron chi connectivity index (χ0n) is 8.38. The fraction of sp³-hybridized carbons (Fsp3) is 0.500. The van der Waals surface area contributed by atoms with E-state index in [2.05, 4.69) is 4.74 Å². The van der Waals surface area contributed by atoms with Crippen LogP contribution in [0, 0.1) is 0 Å². The molecular formula is C10H9F3O3. The van der Waals surface area contributed by atoms with Crippen LogP contribution in [0.25, 0.3) is 0 Å². The van der Waals surface area contributed by atoms with Crippen LogP contribution in [0.1, 0.15) is 6.92 Å². The van der Waals surface area contributed by atoms with Crippen molar-refractivity contribution in [1.82, 2.24) is 0 Å². The number of rotatable bonds is 2. The number of hydrogen-bond donors (Lipinski definition) is 0. The summed E-state index contributed by atoms with van der Waals surface area (Å²) in [5.41, 5.74) is -1.35. The average molecular weight is 234 g/mol. The van der Waals surface area contributed by atoms with Crippen molar-refractivity contribution in [3.8, 4) is 0 Å². The first-order valence-electron chi connectivity index (χ1n) is 4.77. The zero-order chi connectivity index (χ0) is 11.9. The van der Waals surface area contributed by atoms with Crippen LogP contribution in [-0.4, -0.2) is 31.0 Å². The molecule has 0 spiro atoms. The molecule has 0 amide bonds. The van der Waals surface area contributed by atoms with Crippen LogP contribution in [-0.2, 0) is 14.3 Å². The first-order valence-corrected chi connectivity index (χ1v) is 4.77. The Labute approximate surface area is 89.5 Å². The highest BCUT2D eigenvalue weighted by atomic mass is 19.4. The molecule has 0 N–H and O–H groups in total. The maximum atomic E-state index is 12.7. The van der Waals surface area contributed by atoms with Gasteiger partial charge in [0.25, 0.3) is 0 Å². The van der Waals surface area contributed by atoms with Crippen molar-refractivity contribution in [1.29, 1.82) is 0 Å². The fourth-order valence-corrected chi connectivity index (χ4v) is 1.83. The molecule has 0 radical (unpaired) electrons. The first kappa shape index (κ1) is 11.2. The third kappa shape index (κ3) is 1.63. The molecule has 2 aliphatic rings. The third-order valence-corrected chi connectivity index (χ3v) is 2.41. The molecule has 2 bridgehead atoms. The minimum atomic E-state index is -4.56. The normalized spacial score (nSPS) is 27.8. The van der Waals surface area contributed by atoms with Crippen LogP contribution < -0.4 is 0 Å². The highest BCUT2D eigenvalue weighted by Gasteiger charge is 2.51. The first-order chi connectivity index (χ1) is 7.45. The van der Waals surface area contributed by atoms with E-state index in [1.54, 1.807) is 0 Å². The molecule has 0 aromatic rings. The predicted octanol–water partition coefficient (Wildman–Crippen LogP) is 1.75. The number of carbonyl (C=O) groups excluding carboxylic acids is 1. The number of esters is 1. The number of halogens is 3. The molecule has 0 aromatic heterocycles. The number of alkyl halides is 3. The summed E-state index contributed by atoms with van der Waals surface area (Å²) in [6.07, 6.45) is -3.90. The number of fused-ring (bicyclic) bond motifs is 2. The van der Waals surface area contributed by atoms with Gasteiger partial charge in [-0.25, -0.2) is 4.79 Å². The van der Waals surface area contributed by atoms with Crippen molar-refractivity contribution in [3.63, 3.8) is 0 Å². The van der Waals surface area contributed by atoms with Gasteiger partial charge in [-0.1, -0.05) is 12.2 Å². The summed E-state index contributed by atoms with van der Waals surface area (Å²) in [6.45, 7) is 1.57. The zero-order valence-corrected chi connectivity index (χ0v) is 8.38. The molecule has 0 saturated heterocycles. The standard InChI is InChI=1S/C10H9F3O3/c1-2-15-9(14)7-5-3-4-6(16-5)8(7)10(11,12)13/h3-6H,2H2,1H3. The average Bonchev–Trinajstić information content (AvgIpc) is 2.74. The molecular weight excluding hydrogens is 225 g/mol. The van der Waals surface area contributed by atoms with E-state index < -0.39 is 35.5 Å². The summed E-state index contributed by atoms with van der Waals surface area (Å²) in [6, 6.07) is 0. The summed E-state index contributed by atoms with van der Waals surface area (Å²) in [5.74, 6) is -0.952. The summed E-state index contributed by atoms with van der Waals surface area (Å²) < 4.78 is 47.6. The lowest BCUT2D eigenvalue weighted by atomic mass is 9.96. The summed E-state index contributed by atoms with van der Waals surface area (Å²) >= 11 is 0. The number of carbonyl (C=O) groups is 1. The molecule has 2 heterocycles. The van der Waals surface area contributed by atoms with Crippen LogP contribution >= 0.6 is 0 Å². The van der Waals surface area contributed by atoms with E-state index in [1.165, 1.54) is 19.1 Å². The molecule has 0 aromatic carbocycles. The molecule has 0 fully saturated rings. The molecule has 0 saturated carbocycles. The van der Waals surface area contributed by atoms with Gasteiger partial charge in [0.2, 0.25) is 0 Å². The monoisotopic (exact) mass is 234 g/mol. The predicted molar refractivity (Wildman–Crippen MR) is 47.5 cm³/mol. The molecule has 2 atom stereocenters. The highest BCUT2D eigenvalue weighted by Crippen LogP contribution is 2.43. The van der Waals surface area contributed by atoms with Crippen LogP contribution in [0.4, 0.5) is 13.2 Å².